The number of quaternary nitrogens is 1. The van der Waals surface area contributed by atoms with Gasteiger partial charge >= 0.3 is 5.97 Å². The van der Waals surface area contributed by atoms with Gasteiger partial charge < -0.3 is 14.3 Å². The molecule has 0 saturated heterocycles. The van der Waals surface area contributed by atoms with Crippen LogP contribution in [-0.2, 0) is 9.53 Å². The SMILES string of the molecule is C[N+](C)(C)CC(CC(=O)O)OCCCCCS. The van der Waals surface area contributed by atoms with Gasteiger partial charge in [-0.3, -0.25) is 4.79 Å². The largest absolute Gasteiger partial charge is 0.481 e. The van der Waals surface area contributed by atoms with Crippen LogP contribution < -0.4 is 0 Å². The zero-order chi connectivity index (χ0) is 13.3. The molecule has 0 amide bonds. The number of thiol groups is 1. The lowest BCUT2D eigenvalue weighted by Gasteiger charge is -2.28. The van der Waals surface area contributed by atoms with Gasteiger partial charge in [-0.15, -0.1) is 0 Å². The summed E-state index contributed by atoms with van der Waals surface area (Å²) in [5.41, 5.74) is 0. The third kappa shape index (κ3) is 12.0. The molecule has 0 aliphatic carbocycles. The van der Waals surface area contributed by atoms with Crippen molar-refractivity contribution in [2.75, 3.05) is 40.0 Å². The summed E-state index contributed by atoms with van der Waals surface area (Å²) in [5, 5.41) is 8.82. The maximum Gasteiger partial charge on any atom is 0.306 e. The summed E-state index contributed by atoms with van der Waals surface area (Å²) in [7, 11) is 6.12. The van der Waals surface area contributed by atoms with E-state index in [1.54, 1.807) is 0 Å². The highest BCUT2D eigenvalue weighted by atomic mass is 32.1. The summed E-state index contributed by atoms with van der Waals surface area (Å²) < 4.78 is 6.37. The highest BCUT2D eigenvalue weighted by Crippen LogP contribution is 2.07. The van der Waals surface area contributed by atoms with Crippen molar-refractivity contribution >= 4 is 18.6 Å². The normalized spacial score (nSPS) is 13.6. The zero-order valence-electron chi connectivity index (χ0n) is 11.2. The van der Waals surface area contributed by atoms with Crippen molar-refractivity contribution in [2.45, 2.75) is 31.8 Å². The Labute approximate surface area is 110 Å². The standard InChI is InChI=1S/C12H25NO3S/c1-13(2,3)10-11(9-12(14)15)16-7-5-4-6-8-17/h11H,4-10H2,1-3H3,(H-,14,15,17)/p+1. The molecule has 5 heteroatoms. The molecular formula is C12H26NO3S+. The molecule has 0 saturated carbocycles. The van der Waals surface area contributed by atoms with Gasteiger partial charge in [0.1, 0.15) is 12.6 Å². The van der Waals surface area contributed by atoms with E-state index in [1.165, 1.54) is 0 Å². The Balaban J connectivity index is 3.90. The summed E-state index contributed by atoms with van der Waals surface area (Å²) in [6.07, 6.45) is 3.05. The Kier molecular flexibility index (Phi) is 8.64. The second-order valence-electron chi connectivity index (χ2n) is 5.35. The molecule has 0 radical (unpaired) electrons. The van der Waals surface area contributed by atoms with Crippen LogP contribution in [0.3, 0.4) is 0 Å². The number of likely N-dealkylation sites (N-methyl/N-ethyl adjacent to an activating group) is 1. The molecule has 1 atom stereocenters. The van der Waals surface area contributed by atoms with E-state index >= 15 is 0 Å². The minimum atomic E-state index is -0.793. The molecule has 4 nitrogen and oxygen atoms in total. The van der Waals surface area contributed by atoms with Crippen molar-refractivity contribution in [3.8, 4) is 0 Å². The molecule has 0 aromatic carbocycles. The molecule has 0 aromatic rings. The van der Waals surface area contributed by atoms with Crippen LogP contribution in [0, 0.1) is 0 Å². The molecule has 1 N–H and O–H groups in total. The lowest BCUT2D eigenvalue weighted by molar-refractivity contribution is -0.873. The van der Waals surface area contributed by atoms with E-state index in [-0.39, 0.29) is 12.5 Å². The number of carbonyl (C=O) groups is 1. The summed E-state index contributed by atoms with van der Waals surface area (Å²) in [5.74, 6) is 0.107. The summed E-state index contributed by atoms with van der Waals surface area (Å²) in [6, 6.07) is 0. The van der Waals surface area contributed by atoms with Crippen LogP contribution in [0.1, 0.15) is 25.7 Å². The van der Waals surface area contributed by atoms with Crippen LogP contribution in [0.4, 0.5) is 0 Å². The van der Waals surface area contributed by atoms with Gasteiger partial charge in [0.05, 0.1) is 27.6 Å². The fraction of sp³-hybridized carbons (Fsp3) is 0.917. The third-order valence-corrected chi connectivity index (χ3v) is 2.63. The number of hydrogen-bond donors (Lipinski definition) is 2. The maximum absolute atomic E-state index is 10.7. The minimum absolute atomic E-state index is 0.0854. The highest BCUT2D eigenvalue weighted by Gasteiger charge is 2.21. The van der Waals surface area contributed by atoms with Gasteiger partial charge in [-0.1, -0.05) is 6.42 Å². The molecule has 0 spiro atoms. The summed E-state index contributed by atoms with van der Waals surface area (Å²) >= 11 is 4.14. The van der Waals surface area contributed by atoms with E-state index in [1.807, 2.05) is 21.1 Å². The smallest absolute Gasteiger partial charge is 0.306 e. The van der Waals surface area contributed by atoms with Gasteiger partial charge in [-0.25, -0.2) is 0 Å². The van der Waals surface area contributed by atoms with Gasteiger partial charge in [0.25, 0.3) is 0 Å². The lowest BCUT2D eigenvalue weighted by atomic mass is 10.2. The molecule has 0 aromatic heterocycles. The molecule has 102 valence electrons. The Morgan fingerprint density at radius 2 is 1.94 bits per heavy atom. The number of nitrogens with zero attached hydrogens (tertiary/aromatic N) is 1. The fourth-order valence-electron chi connectivity index (χ4n) is 1.62. The van der Waals surface area contributed by atoms with E-state index in [4.69, 9.17) is 9.84 Å². The first-order valence-electron chi connectivity index (χ1n) is 6.10. The number of rotatable bonds is 10. The maximum atomic E-state index is 10.7. The summed E-state index contributed by atoms with van der Waals surface area (Å²) in [4.78, 5) is 10.7. The molecule has 17 heavy (non-hydrogen) atoms. The lowest BCUT2D eigenvalue weighted by Crippen LogP contribution is -2.43. The van der Waals surface area contributed by atoms with Crippen LogP contribution in [0.2, 0.25) is 0 Å². The minimum Gasteiger partial charge on any atom is -0.481 e. The number of aliphatic carboxylic acids is 1. The molecule has 0 fully saturated rings. The Morgan fingerprint density at radius 3 is 2.41 bits per heavy atom. The van der Waals surface area contributed by atoms with Crippen LogP contribution in [0.15, 0.2) is 0 Å². The zero-order valence-corrected chi connectivity index (χ0v) is 12.1. The van der Waals surface area contributed by atoms with Crippen molar-refractivity contribution in [3.05, 3.63) is 0 Å². The molecular weight excluding hydrogens is 238 g/mol. The Morgan fingerprint density at radius 1 is 1.29 bits per heavy atom. The first-order chi connectivity index (χ1) is 7.85. The third-order valence-electron chi connectivity index (χ3n) is 2.31. The second-order valence-corrected chi connectivity index (χ2v) is 5.80. The number of carboxylic acid groups (broad SMARTS) is 1. The highest BCUT2D eigenvalue weighted by molar-refractivity contribution is 7.80. The number of ether oxygens (including phenoxy) is 1. The first kappa shape index (κ1) is 16.7. The van der Waals surface area contributed by atoms with Crippen molar-refractivity contribution in [2.24, 2.45) is 0 Å². The molecule has 0 bridgehead atoms. The van der Waals surface area contributed by atoms with Crippen molar-refractivity contribution in [1.82, 2.24) is 0 Å². The fourth-order valence-corrected chi connectivity index (χ4v) is 1.85. The summed E-state index contributed by atoms with van der Waals surface area (Å²) in [6.45, 7) is 1.37. The van der Waals surface area contributed by atoms with Crippen LogP contribution in [-0.4, -0.2) is 61.7 Å². The first-order valence-corrected chi connectivity index (χ1v) is 6.73. The van der Waals surface area contributed by atoms with Crippen molar-refractivity contribution in [1.29, 1.82) is 0 Å². The predicted octanol–water partition coefficient (Wildman–Crippen LogP) is 1.65. The number of unbranched alkanes of at least 4 members (excludes halogenated alkanes) is 2. The van der Waals surface area contributed by atoms with E-state index in [0.717, 1.165) is 31.6 Å². The quantitative estimate of drug-likeness (QED) is 0.358. The molecule has 0 heterocycles. The predicted molar refractivity (Wildman–Crippen MR) is 72.6 cm³/mol. The van der Waals surface area contributed by atoms with E-state index in [0.29, 0.717) is 11.1 Å². The van der Waals surface area contributed by atoms with Crippen molar-refractivity contribution < 1.29 is 19.1 Å². The Bertz CT molecular complexity index is 216. The molecule has 0 rings (SSSR count). The van der Waals surface area contributed by atoms with E-state index in [9.17, 15) is 4.79 Å². The van der Waals surface area contributed by atoms with Gasteiger partial charge in [0.2, 0.25) is 0 Å². The average Bonchev–Trinajstić information content (AvgIpc) is 2.13. The van der Waals surface area contributed by atoms with Crippen molar-refractivity contribution in [3.63, 3.8) is 0 Å². The number of carboxylic acids is 1. The number of hydrogen-bond acceptors (Lipinski definition) is 3. The average molecular weight is 264 g/mol. The van der Waals surface area contributed by atoms with Crippen LogP contribution in [0.5, 0.6) is 0 Å². The molecule has 0 aliphatic heterocycles. The second kappa shape index (κ2) is 8.78. The van der Waals surface area contributed by atoms with Crippen LogP contribution >= 0.6 is 12.6 Å². The van der Waals surface area contributed by atoms with Gasteiger partial charge in [0, 0.05) is 6.61 Å². The molecule has 0 aliphatic rings. The molecule has 1 unspecified atom stereocenters. The van der Waals surface area contributed by atoms with Crippen LogP contribution in [0.25, 0.3) is 0 Å². The monoisotopic (exact) mass is 264 g/mol. The van der Waals surface area contributed by atoms with Gasteiger partial charge in [-0.2, -0.15) is 12.6 Å². The topological polar surface area (TPSA) is 46.5 Å². The van der Waals surface area contributed by atoms with E-state index in [2.05, 4.69) is 12.6 Å². The van der Waals surface area contributed by atoms with E-state index < -0.39 is 5.97 Å². The van der Waals surface area contributed by atoms with Gasteiger partial charge in [0.15, 0.2) is 0 Å². The Hall–Kier alpha value is -0.260. The van der Waals surface area contributed by atoms with Gasteiger partial charge in [-0.05, 0) is 18.6 Å².